The molecule has 0 radical (unpaired) electrons. The lowest BCUT2D eigenvalue weighted by molar-refractivity contribution is -0.274. The van der Waals surface area contributed by atoms with Gasteiger partial charge < -0.3 is 10.1 Å². The third kappa shape index (κ3) is 9.73. The molecule has 12 nitrogen and oxygen atoms in total. The summed E-state index contributed by atoms with van der Waals surface area (Å²) in [4.78, 5) is 8.99. The number of hydrazone groups is 2. The number of hydrogen-bond acceptors (Lipinski definition) is 12. The summed E-state index contributed by atoms with van der Waals surface area (Å²) in [7, 11) is -6.74. The van der Waals surface area contributed by atoms with Crippen molar-refractivity contribution in [2.24, 2.45) is 10.2 Å². The minimum atomic E-state index is -4.88. The van der Waals surface area contributed by atoms with E-state index in [1.807, 2.05) is 0 Å². The maximum atomic E-state index is 12.7. The monoisotopic (exact) mass is 675 g/mol. The van der Waals surface area contributed by atoms with E-state index in [4.69, 9.17) is 0 Å². The lowest BCUT2D eigenvalue weighted by Gasteiger charge is -2.12. The number of ether oxygens (including phenoxy) is 1. The highest BCUT2D eigenvalue weighted by atomic mass is 32.2. The van der Waals surface area contributed by atoms with Gasteiger partial charge in [-0.25, -0.2) is 16.8 Å². The summed E-state index contributed by atoms with van der Waals surface area (Å²) in [6, 6.07) is 18.9. The van der Waals surface area contributed by atoms with Crippen molar-refractivity contribution in [2.45, 2.75) is 30.0 Å². The molecule has 3 aromatic carbocycles. The second-order valence-corrected chi connectivity index (χ2v) is 13.9. The zero-order valence-corrected chi connectivity index (χ0v) is 26.4. The number of rotatable bonds is 11. The Morgan fingerprint density at radius 3 is 1.59 bits per heavy atom. The molecule has 0 unspecified atom stereocenters. The second kappa shape index (κ2) is 13.5. The number of halogens is 3. The van der Waals surface area contributed by atoms with Crippen LogP contribution in [0.1, 0.15) is 25.0 Å². The van der Waals surface area contributed by atoms with E-state index in [0.717, 1.165) is 24.6 Å². The van der Waals surface area contributed by atoms with Crippen molar-refractivity contribution >= 4 is 54.4 Å². The van der Waals surface area contributed by atoms with Gasteiger partial charge in [0.25, 0.3) is 0 Å². The highest BCUT2D eigenvalue weighted by Crippen LogP contribution is 2.27. The van der Waals surface area contributed by atoms with Crippen LogP contribution in [0.25, 0.3) is 0 Å². The molecule has 46 heavy (non-hydrogen) atoms. The Morgan fingerprint density at radius 1 is 0.717 bits per heavy atom. The maximum absolute atomic E-state index is 12.7. The van der Waals surface area contributed by atoms with Crippen LogP contribution in [-0.2, 0) is 19.7 Å². The molecule has 0 bridgehead atoms. The normalized spacial score (nSPS) is 12.8. The van der Waals surface area contributed by atoms with Crippen molar-refractivity contribution in [3.05, 3.63) is 90.0 Å². The number of sulfone groups is 2. The predicted molar refractivity (Wildman–Crippen MR) is 169 cm³/mol. The topological polar surface area (TPSA) is 164 Å². The second-order valence-electron chi connectivity index (χ2n) is 9.87. The Balaban J connectivity index is 1.62. The Hall–Kier alpha value is -5.03. The van der Waals surface area contributed by atoms with Crippen LogP contribution >= 0.6 is 0 Å². The predicted octanol–water partition coefficient (Wildman–Crippen LogP) is 5.60. The fraction of sp³-hybridized carbons (Fsp3) is 0.172. The van der Waals surface area contributed by atoms with Gasteiger partial charge in [-0.05, 0) is 61.4 Å². The van der Waals surface area contributed by atoms with Crippen LogP contribution in [0, 0.1) is 0 Å². The van der Waals surface area contributed by atoms with E-state index in [9.17, 15) is 30.0 Å². The molecule has 1 aromatic heterocycles. The van der Waals surface area contributed by atoms with Gasteiger partial charge in [0.1, 0.15) is 5.75 Å². The van der Waals surface area contributed by atoms with Gasteiger partial charge >= 0.3 is 6.36 Å². The van der Waals surface area contributed by atoms with E-state index < -0.39 is 31.8 Å². The van der Waals surface area contributed by atoms with Crippen molar-refractivity contribution in [2.75, 3.05) is 28.7 Å². The lowest BCUT2D eigenvalue weighted by atomic mass is 10.1. The van der Waals surface area contributed by atoms with Crippen LogP contribution in [0.5, 0.6) is 5.75 Å². The van der Waals surface area contributed by atoms with Gasteiger partial charge in [0.15, 0.2) is 31.3 Å². The molecule has 0 aliphatic rings. The van der Waals surface area contributed by atoms with Gasteiger partial charge in [-0.2, -0.15) is 20.2 Å². The standard InChI is InChI=1S/C29H28F3N7O5S2/c1-18(20-8-12-24(13-9-20)45(3,40)41)36-38-26-17-27(39-37-19(2)21-10-14-25(15-11-21)46(4,42)43)35-28(34-26)33-22-6-5-7-23(16-22)44-29(30,31)32/h5-17H,1-4H3,(H3,33,34,35,38,39). The Morgan fingerprint density at radius 2 is 1.17 bits per heavy atom. The van der Waals surface area contributed by atoms with Gasteiger partial charge in [-0.1, -0.05) is 30.3 Å². The van der Waals surface area contributed by atoms with Crippen LogP contribution in [-0.4, -0.2) is 57.1 Å². The Labute approximate surface area is 263 Å². The fourth-order valence-corrected chi connectivity index (χ4v) is 5.08. The minimum absolute atomic E-state index is 0.0348. The molecule has 0 amide bonds. The van der Waals surface area contributed by atoms with E-state index >= 15 is 0 Å². The highest BCUT2D eigenvalue weighted by molar-refractivity contribution is 7.91. The third-order valence-electron chi connectivity index (χ3n) is 6.13. The SMILES string of the molecule is CC(=NNc1cc(NN=C(C)c2ccc(S(C)(=O)=O)cc2)nc(Nc2cccc(OC(F)(F)F)c2)n1)c1ccc(S(C)(=O)=O)cc1. The summed E-state index contributed by atoms with van der Waals surface area (Å²) >= 11 is 0. The van der Waals surface area contributed by atoms with Crippen molar-refractivity contribution < 1.29 is 34.7 Å². The zero-order chi connectivity index (χ0) is 33.7. The van der Waals surface area contributed by atoms with Crippen LogP contribution in [0.3, 0.4) is 0 Å². The van der Waals surface area contributed by atoms with Crippen LogP contribution in [0.15, 0.2) is 98.9 Å². The van der Waals surface area contributed by atoms with E-state index in [1.165, 1.54) is 42.5 Å². The molecular weight excluding hydrogens is 647 g/mol. The van der Waals surface area contributed by atoms with Gasteiger partial charge in [-0.3, -0.25) is 10.9 Å². The molecule has 0 spiro atoms. The summed E-state index contributed by atoms with van der Waals surface area (Å²) < 4.78 is 89.3. The summed E-state index contributed by atoms with van der Waals surface area (Å²) in [6.07, 6.45) is -2.66. The van der Waals surface area contributed by atoms with Crippen molar-refractivity contribution in [1.29, 1.82) is 0 Å². The van der Waals surface area contributed by atoms with Crippen molar-refractivity contribution in [1.82, 2.24) is 9.97 Å². The first-order chi connectivity index (χ1) is 21.5. The summed E-state index contributed by atoms with van der Waals surface area (Å²) in [5.41, 5.74) is 8.04. The number of alkyl halides is 3. The average molecular weight is 676 g/mol. The van der Waals surface area contributed by atoms with Gasteiger partial charge in [-0.15, -0.1) is 13.2 Å². The van der Waals surface area contributed by atoms with Crippen molar-refractivity contribution in [3.8, 4) is 5.75 Å². The molecule has 0 aliphatic heterocycles. The number of anilines is 4. The first-order valence-corrected chi connectivity index (χ1v) is 17.0. The highest BCUT2D eigenvalue weighted by Gasteiger charge is 2.31. The molecular formula is C29H28F3N7O5S2. The molecule has 242 valence electrons. The first-order valence-electron chi connectivity index (χ1n) is 13.2. The Kier molecular flexibility index (Phi) is 9.96. The first kappa shape index (κ1) is 33.9. The molecule has 0 saturated carbocycles. The van der Waals surface area contributed by atoms with E-state index in [-0.39, 0.29) is 33.1 Å². The van der Waals surface area contributed by atoms with Gasteiger partial charge in [0, 0.05) is 30.3 Å². The van der Waals surface area contributed by atoms with E-state index in [1.54, 1.807) is 38.1 Å². The molecule has 3 N–H and O–H groups in total. The number of benzene rings is 3. The molecule has 4 rings (SSSR count). The molecule has 0 atom stereocenters. The van der Waals surface area contributed by atoms with Gasteiger partial charge in [0.2, 0.25) is 5.95 Å². The Bertz CT molecular complexity index is 1890. The quantitative estimate of drug-likeness (QED) is 0.135. The number of nitrogens with one attached hydrogen (secondary N) is 3. The molecule has 1 heterocycles. The summed E-state index contributed by atoms with van der Waals surface area (Å²) in [6.45, 7) is 3.38. The number of aromatic nitrogens is 2. The summed E-state index contributed by atoms with van der Waals surface area (Å²) in [5.74, 6) is -0.151. The largest absolute Gasteiger partial charge is 0.573 e. The molecule has 17 heteroatoms. The smallest absolute Gasteiger partial charge is 0.406 e. The fourth-order valence-electron chi connectivity index (χ4n) is 3.82. The van der Waals surface area contributed by atoms with Crippen LogP contribution < -0.4 is 20.9 Å². The number of nitrogens with zero attached hydrogens (tertiary/aromatic N) is 4. The van der Waals surface area contributed by atoms with E-state index in [0.29, 0.717) is 22.6 Å². The average Bonchev–Trinajstić information content (AvgIpc) is 2.97. The molecule has 0 fully saturated rings. The molecule has 4 aromatic rings. The molecule has 0 aliphatic carbocycles. The lowest BCUT2D eigenvalue weighted by Crippen LogP contribution is -2.17. The minimum Gasteiger partial charge on any atom is -0.406 e. The molecule has 0 saturated heterocycles. The zero-order valence-electron chi connectivity index (χ0n) is 24.8. The van der Waals surface area contributed by atoms with Crippen LogP contribution in [0.2, 0.25) is 0 Å². The summed E-state index contributed by atoms with van der Waals surface area (Å²) in [5, 5.41) is 11.5. The third-order valence-corrected chi connectivity index (χ3v) is 8.38. The van der Waals surface area contributed by atoms with Crippen molar-refractivity contribution in [3.63, 3.8) is 0 Å². The van der Waals surface area contributed by atoms with Crippen LogP contribution in [0.4, 0.5) is 36.4 Å². The van der Waals surface area contributed by atoms with Gasteiger partial charge in [0.05, 0.1) is 21.2 Å². The maximum Gasteiger partial charge on any atom is 0.573 e. The van der Waals surface area contributed by atoms with E-state index in [2.05, 4.69) is 41.1 Å². The number of hydrogen-bond donors (Lipinski definition) is 3.